The fraction of sp³-hybridized carbons (Fsp3) is 0. The monoisotopic (exact) mass is 710 g/mol. The van der Waals surface area contributed by atoms with E-state index in [-0.39, 0.29) is 0 Å². The van der Waals surface area contributed by atoms with Crippen molar-refractivity contribution < 1.29 is 8.83 Å². The normalized spacial score (nSPS) is 12.3. The molecule has 0 unspecified atom stereocenters. The lowest BCUT2D eigenvalue weighted by atomic mass is 9.87. The van der Waals surface area contributed by atoms with Crippen LogP contribution >= 0.6 is 0 Å². The van der Waals surface area contributed by atoms with Crippen LogP contribution in [0.4, 0.5) is 0 Å². The smallest absolute Gasteiger partial charge is 0.143 e. The van der Waals surface area contributed by atoms with E-state index in [0.717, 1.165) is 66.0 Å². The topological polar surface area (TPSA) is 26.3 Å². The highest BCUT2D eigenvalue weighted by Crippen LogP contribution is 2.48. The van der Waals surface area contributed by atoms with Crippen molar-refractivity contribution in [3.05, 3.63) is 182 Å². The standard InChI is InChI=1S/C54H30O2/c1-2-8-31(9-3-1)37-18-19-38-28-46-49(30-39(38)26-37)56-54-44(41-14-7-15-47-52(41)45-27-35-10-4-5-11-36(35)29-48(45)55-47)25-24-43(53(46)54)40-22-20-34-17-16-32-12-6-13-33-21-23-42(40)51(34)50(32)33/h1-30H. The molecule has 2 aromatic heterocycles. The van der Waals surface area contributed by atoms with Crippen LogP contribution in [0.3, 0.4) is 0 Å². The van der Waals surface area contributed by atoms with Crippen molar-refractivity contribution in [2.45, 2.75) is 0 Å². The summed E-state index contributed by atoms with van der Waals surface area (Å²) in [6, 6.07) is 66.1. The zero-order chi connectivity index (χ0) is 36.5. The van der Waals surface area contributed by atoms with Gasteiger partial charge in [0.2, 0.25) is 0 Å². The quantitative estimate of drug-likeness (QED) is 0.171. The highest BCUT2D eigenvalue weighted by Gasteiger charge is 2.23. The summed E-state index contributed by atoms with van der Waals surface area (Å²) in [4.78, 5) is 0. The Balaban J connectivity index is 1.14. The van der Waals surface area contributed by atoms with Crippen LogP contribution in [0.15, 0.2) is 191 Å². The largest absolute Gasteiger partial charge is 0.456 e. The average Bonchev–Trinajstić information content (AvgIpc) is 3.81. The van der Waals surface area contributed by atoms with E-state index in [1.807, 2.05) is 0 Å². The van der Waals surface area contributed by atoms with E-state index in [2.05, 4.69) is 182 Å². The SMILES string of the molecule is c1ccc(-c2ccc3cc4c(cc3c2)oc2c(-c3cccc5oc6cc7ccccc7cc6c35)ccc(-c3ccc5ccc6cccc7ccc3c5c67)c24)cc1. The summed E-state index contributed by atoms with van der Waals surface area (Å²) < 4.78 is 13.7. The molecule has 0 atom stereocenters. The van der Waals surface area contributed by atoms with E-state index in [1.165, 1.54) is 65.2 Å². The second-order valence-corrected chi connectivity index (χ2v) is 15.2. The minimum Gasteiger partial charge on any atom is -0.456 e. The molecule has 2 heteroatoms. The summed E-state index contributed by atoms with van der Waals surface area (Å²) in [6.45, 7) is 0. The number of benzene rings is 11. The van der Waals surface area contributed by atoms with Crippen molar-refractivity contribution in [3.63, 3.8) is 0 Å². The molecule has 2 nitrogen and oxygen atoms in total. The third-order valence-electron chi connectivity index (χ3n) is 12.2. The van der Waals surface area contributed by atoms with Crippen LogP contribution in [-0.4, -0.2) is 0 Å². The summed E-state index contributed by atoms with van der Waals surface area (Å²) >= 11 is 0. The molecule has 11 aromatic carbocycles. The van der Waals surface area contributed by atoms with Crippen LogP contribution in [0, 0.1) is 0 Å². The first-order valence-corrected chi connectivity index (χ1v) is 19.2. The summed E-state index contributed by atoms with van der Waals surface area (Å²) in [7, 11) is 0. The maximum absolute atomic E-state index is 7.16. The van der Waals surface area contributed by atoms with Gasteiger partial charge in [0.1, 0.15) is 22.3 Å². The second-order valence-electron chi connectivity index (χ2n) is 15.2. The molecule has 0 fully saturated rings. The molecule has 0 saturated carbocycles. The lowest BCUT2D eigenvalue weighted by molar-refractivity contribution is 0.669. The third-order valence-corrected chi connectivity index (χ3v) is 12.2. The molecule has 2 heterocycles. The van der Waals surface area contributed by atoms with E-state index in [1.54, 1.807) is 0 Å². The molecule has 56 heavy (non-hydrogen) atoms. The van der Waals surface area contributed by atoms with Crippen molar-refractivity contribution in [1.82, 2.24) is 0 Å². The van der Waals surface area contributed by atoms with Gasteiger partial charge in [-0.25, -0.2) is 0 Å². The van der Waals surface area contributed by atoms with Crippen molar-refractivity contribution >= 4 is 97.7 Å². The van der Waals surface area contributed by atoms with Gasteiger partial charge in [0.25, 0.3) is 0 Å². The van der Waals surface area contributed by atoms with Crippen LogP contribution < -0.4 is 0 Å². The van der Waals surface area contributed by atoms with Crippen LogP contribution in [0.2, 0.25) is 0 Å². The maximum atomic E-state index is 7.16. The van der Waals surface area contributed by atoms with Gasteiger partial charge in [-0.05, 0) is 124 Å². The highest BCUT2D eigenvalue weighted by atomic mass is 16.3. The molecule has 13 rings (SSSR count). The Bertz CT molecular complexity index is 3740. The van der Waals surface area contributed by atoms with E-state index in [0.29, 0.717) is 0 Å². The minimum absolute atomic E-state index is 0.868. The number of furan rings is 2. The molecule has 258 valence electrons. The molecule has 0 saturated heterocycles. The number of fused-ring (bicyclic) bond motifs is 8. The molecule has 0 spiro atoms. The summed E-state index contributed by atoms with van der Waals surface area (Å²) in [5.74, 6) is 0. The van der Waals surface area contributed by atoms with Crippen molar-refractivity contribution in [2.75, 3.05) is 0 Å². The highest BCUT2D eigenvalue weighted by molar-refractivity contribution is 6.28. The molecule has 0 aliphatic heterocycles. The van der Waals surface area contributed by atoms with Crippen LogP contribution in [0.5, 0.6) is 0 Å². The first-order chi connectivity index (χ1) is 27.7. The molecular weight excluding hydrogens is 681 g/mol. The van der Waals surface area contributed by atoms with Crippen LogP contribution in [0.25, 0.3) is 131 Å². The van der Waals surface area contributed by atoms with Gasteiger partial charge in [-0.15, -0.1) is 0 Å². The molecule has 0 bridgehead atoms. The minimum atomic E-state index is 0.868. The second kappa shape index (κ2) is 11.1. The Morgan fingerprint density at radius 3 is 1.70 bits per heavy atom. The first kappa shape index (κ1) is 30.0. The van der Waals surface area contributed by atoms with Crippen LogP contribution in [0.1, 0.15) is 0 Å². The van der Waals surface area contributed by atoms with Gasteiger partial charge in [-0.3, -0.25) is 0 Å². The zero-order valence-electron chi connectivity index (χ0n) is 30.1. The Labute approximate surface area is 320 Å². The average molecular weight is 711 g/mol. The first-order valence-electron chi connectivity index (χ1n) is 19.2. The predicted octanol–water partition coefficient (Wildman–Crippen LogP) is 15.7. The summed E-state index contributed by atoms with van der Waals surface area (Å²) in [5.41, 5.74) is 10.4. The van der Waals surface area contributed by atoms with Gasteiger partial charge in [-0.2, -0.15) is 0 Å². The zero-order valence-corrected chi connectivity index (χ0v) is 30.1. The van der Waals surface area contributed by atoms with Gasteiger partial charge in [0, 0.05) is 27.1 Å². The molecule has 0 aliphatic rings. The van der Waals surface area contributed by atoms with Crippen molar-refractivity contribution in [1.29, 1.82) is 0 Å². The van der Waals surface area contributed by atoms with E-state index < -0.39 is 0 Å². The van der Waals surface area contributed by atoms with Crippen molar-refractivity contribution in [3.8, 4) is 33.4 Å². The Morgan fingerprint density at radius 2 is 0.839 bits per heavy atom. The van der Waals surface area contributed by atoms with E-state index in [4.69, 9.17) is 8.83 Å². The maximum Gasteiger partial charge on any atom is 0.143 e. The van der Waals surface area contributed by atoms with Gasteiger partial charge < -0.3 is 8.83 Å². The molecule has 0 N–H and O–H groups in total. The number of hydrogen-bond donors (Lipinski definition) is 0. The van der Waals surface area contributed by atoms with Gasteiger partial charge in [0.05, 0.1) is 0 Å². The molecule has 0 aliphatic carbocycles. The number of rotatable bonds is 3. The Hall–Kier alpha value is -7.42. The van der Waals surface area contributed by atoms with Crippen molar-refractivity contribution in [2.24, 2.45) is 0 Å². The molecule has 13 aromatic rings. The Morgan fingerprint density at radius 1 is 0.250 bits per heavy atom. The summed E-state index contributed by atoms with van der Waals surface area (Å²) in [5, 5.41) is 16.8. The third kappa shape index (κ3) is 4.16. The Kier molecular flexibility index (Phi) is 5.92. The van der Waals surface area contributed by atoms with Crippen LogP contribution in [-0.2, 0) is 0 Å². The molecule has 0 radical (unpaired) electrons. The van der Waals surface area contributed by atoms with Gasteiger partial charge >= 0.3 is 0 Å². The van der Waals surface area contributed by atoms with E-state index >= 15 is 0 Å². The fourth-order valence-electron chi connectivity index (χ4n) is 9.58. The number of hydrogen-bond acceptors (Lipinski definition) is 2. The molecule has 0 amide bonds. The van der Waals surface area contributed by atoms with Gasteiger partial charge in [0.15, 0.2) is 0 Å². The summed E-state index contributed by atoms with van der Waals surface area (Å²) in [6.07, 6.45) is 0. The lowest BCUT2D eigenvalue weighted by Gasteiger charge is -2.15. The molecular formula is C54H30O2. The fourth-order valence-corrected chi connectivity index (χ4v) is 9.58. The lowest BCUT2D eigenvalue weighted by Crippen LogP contribution is -1.89. The van der Waals surface area contributed by atoms with E-state index in [9.17, 15) is 0 Å². The van der Waals surface area contributed by atoms with Gasteiger partial charge in [-0.1, -0.05) is 140 Å². The predicted molar refractivity (Wildman–Crippen MR) is 236 cm³/mol.